The molecule has 7 nitrogen and oxygen atoms in total. The van der Waals surface area contributed by atoms with Crippen LogP contribution in [-0.4, -0.2) is 44.4 Å². The van der Waals surface area contributed by atoms with E-state index in [-0.39, 0.29) is 53.1 Å². The van der Waals surface area contributed by atoms with E-state index in [4.69, 9.17) is 18.9 Å². The highest BCUT2D eigenvalue weighted by Gasteiger charge is 2.16. The average molecular weight is 362 g/mol. The molecule has 2 aromatic carbocycles. The number of aromatic hydroxyl groups is 2. The third-order valence-corrected chi connectivity index (χ3v) is 3.88. The van der Waals surface area contributed by atoms with Gasteiger partial charge in [0.2, 0.25) is 11.5 Å². The normalized spacial score (nSPS) is 10.3. The summed E-state index contributed by atoms with van der Waals surface area (Å²) in [6, 6.07) is 6.36. The fraction of sp³-hybridized carbons (Fsp3) is 0.316. The molecule has 2 N–H and O–H groups in total. The molecule has 2 rings (SSSR count). The van der Waals surface area contributed by atoms with E-state index >= 15 is 0 Å². The van der Waals surface area contributed by atoms with Crippen LogP contribution in [0.5, 0.6) is 34.5 Å². The summed E-state index contributed by atoms with van der Waals surface area (Å²) < 4.78 is 20.4. The minimum atomic E-state index is -0.112. The smallest absolute Gasteiger partial charge is 0.200 e. The van der Waals surface area contributed by atoms with Crippen LogP contribution in [0.25, 0.3) is 0 Å². The van der Waals surface area contributed by atoms with Crippen molar-refractivity contribution < 1.29 is 34.0 Å². The number of benzene rings is 2. The lowest BCUT2D eigenvalue weighted by molar-refractivity contribution is -0.117. The number of phenolic OH excluding ortho intramolecular Hbond substituents is 2. The van der Waals surface area contributed by atoms with E-state index in [1.807, 2.05) is 0 Å². The van der Waals surface area contributed by atoms with Crippen LogP contribution >= 0.6 is 0 Å². The maximum atomic E-state index is 12.5. The lowest BCUT2D eigenvalue weighted by Crippen LogP contribution is -2.07. The molecule has 0 saturated heterocycles. The molecule has 0 amide bonds. The Morgan fingerprint density at radius 1 is 0.692 bits per heavy atom. The van der Waals surface area contributed by atoms with Crippen molar-refractivity contribution in [1.29, 1.82) is 0 Å². The van der Waals surface area contributed by atoms with Crippen molar-refractivity contribution in [3.8, 4) is 34.5 Å². The standard InChI is InChI=1S/C19H22O7/c1-23-14-7-11(8-15(24-2)18(14)21)5-13(20)6-12-9-16(25-3)19(22)17(10-12)26-4/h7-10,21-22H,5-6H2,1-4H3. The average Bonchev–Trinajstić information content (AvgIpc) is 2.63. The molecule has 0 heterocycles. The minimum Gasteiger partial charge on any atom is -0.502 e. The van der Waals surface area contributed by atoms with Crippen LogP contribution in [-0.2, 0) is 17.6 Å². The van der Waals surface area contributed by atoms with Crippen molar-refractivity contribution in [2.75, 3.05) is 28.4 Å². The lowest BCUT2D eigenvalue weighted by Gasteiger charge is -2.12. The summed E-state index contributed by atoms with van der Waals surface area (Å²) >= 11 is 0. The van der Waals surface area contributed by atoms with E-state index in [9.17, 15) is 15.0 Å². The van der Waals surface area contributed by atoms with Crippen LogP contribution in [0, 0.1) is 0 Å². The number of carbonyl (C=O) groups excluding carboxylic acids is 1. The highest BCUT2D eigenvalue weighted by Crippen LogP contribution is 2.38. The summed E-state index contributed by atoms with van der Waals surface area (Å²) in [7, 11) is 5.70. The Hall–Kier alpha value is -3.09. The lowest BCUT2D eigenvalue weighted by atomic mass is 10.0. The molecule has 140 valence electrons. The number of phenols is 2. The second kappa shape index (κ2) is 8.33. The fourth-order valence-electron chi connectivity index (χ4n) is 2.62. The monoisotopic (exact) mass is 362 g/mol. The van der Waals surface area contributed by atoms with Crippen molar-refractivity contribution in [1.82, 2.24) is 0 Å². The van der Waals surface area contributed by atoms with Gasteiger partial charge in [0, 0.05) is 12.8 Å². The molecule has 2 aromatic rings. The number of rotatable bonds is 8. The second-order valence-electron chi connectivity index (χ2n) is 5.59. The summed E-state index contributed by atoms with van der Waals surface area (Å²) in [5.41, 5.74) is 1.30. The first-order chi connectivity index (χ1) is 12.4. The zero-order valence-corrected chi connectivity index (χ0v) is 15.2. The maximum absolute atomic E-state index is 12.5. The Balaban J connectivity index is 2.22. The summed E-state index contributed by atoms with van der Waals surface area (Å²) in [6.07, 6.45) is 0.247. The summed E-state index contributed by atoms with van der Waals surface area (Å²) in [5, 5.41) is 19.9. The molecular formula is C19H22O7. The molecule has 0 spiro atoms. The number of ether oxygens (including phenoxy) is 4. The van der Waals surface area contributed by atoms with E-state index in [0.29, 0.717) is 11.1 Å². The van der Waals surface area contributed by atoms with Crippen LogP contribution in [0.15, 0.2) is 24.3 Å². The third kappa shape index (κ3) is 4.11. The molecule has 26 heavy (non-hydrogen) atoms. The SMILES string of the molecule is COc1cc(CC(=O)Cc2cc(OC)c(O)c(OC)c2)cc(OC)c1O. The van der Waals surface area contributed by atoms with E-state index in [2.05, 4.69) is 0 Å². The van der Waals surface area contributed by atoms with Crippen molar-refractivity contribution in [2.45, 2.75) is 12.8 Å². The summed E-state index contributed by atoms with van der Waals surface area (Å²) in [5.74, 6) is 0.647. The summed E-state index contributed by atoms with van der Waals surface area (Å²) in [4.78, 5) is 12.5. The topological polar surface area (TPSA) is 94.5 Å². The molecule has 7 heteroatoms. The van der Waals surface area contributed by atoms with Gasteiger partial charge in [-0.1, -0.05) is 0 Å². The van der Waals surface area contributed by atoms with Gasteiger partial charge >= 0.3 is 0 Å². The zero-order valence-electron chi connectivity index (χ0n) is 15.2. The van der Waals surface area contributed by atoms with Gasteiger partial charge in [-0.3, -0.25) is 4.79 Å². The van der Waals surface area contributed by atoms with Crippen LogP contribution in [0.2, 0.25) is 0 Å². The Labute approximate surface area is 151 Å². The van der Waals surface area contributed by atoms with E-state index in [1.165, 1.54) is 28.4 Å². The Kier molecular flexibility index (Phi) is 6.16. The van der Waals surface area contributed by atoms with Crippen LogP contribution in [0.4, 0.5) is 0 Å². The largest absolute Gasteiger partial charge is 0.502 e. The number of ketones is 1. The Bertz CT molecular complexity index is 683. The Morgan fingerprint density at radius 2 is 0.962 bits per heavy atom. The maximum Gasteiger partial charge on any atom is 0.200 e. The van der Waals surface area contributed by atoms with Crippen LogP contribution in [0.1, 0.15) is 11.1 Å². The quantitative estimate of drug-likeness (QED) is 0.745. The molecule has 0 saturated carbocycles. The third-order valence-electron chi connectivity index (χ3n) is 3.88. The van der Waals surface area contributed by atoms with Gasteiger partial charge < -0.3 is 29.2 Å². The molecule has 0 bridgehead atoms. The molecule has 0 radical (unpaired) electrons. The molecule has 0 atom stereocenters. The van der Waals surface area contributed by atoms with Crippen molar-refractivity contribution in [3.63, 3.8) is 0 Å². The van der Waals surface area contributed by atoms with Gasteiger partial charge in [-0.05, 0) is 35.4 Å². The molecule has 0 fully saturated rings. The predicted octanol–water partition coefficient (Wildman–Crippen LogP) is 2.49. The van der Waals surface area contributed by atoms with Crippen molar-refractivity contribution in [3.05, 3.63) is 35.4 Å². The first kappa shape index (κ1) is 19.2. The molecule has 0 aliphatic carbocycles. The molecule has 0 aliphatic heterocycles. The Morgan fingerprint density at radius 3 is 1.19 bits per heavy atom. The molecular weight excluding hydrogens is 340 g/mol. The van der Waals surface area contributed by atoms with Gasteiger partial charge in [-0.25, -0.2) is 0 Å². The van der Waals surface area contributed by atoms with Gasteiger partial charge in [0.1, 0.15) is 5.78 Å². The number of methoxy groups -OCH3 is 4. The number of Topliss-reactive ketones (excluding diaryl/α,β-unsaturated/α-hetero) is 1. The van der Waals surface area contributed by atoms with Gasteiger partial charge in [-0.2, -0.15) is 0 Å². The van der Waals surface area contributed by atoms with E-state index in [0.717, 1.165) is 0 Å². The fourth-order valence-corrected chi connectivity index (χ4v) is 2.62. The van der Waals surface area contributed by atoms with Gasteiger partial charge in [0.05, 0.1) is 28.4 Å². The van der Waals surface area contributed by atoms with Gasteiger partial charge in [0.25, 0.3) is 0 Å². The summed E-state index contributed by atoms with van der Waals surface area (Å²) in [6.45, 7) is 0. The number of hydrogen-bond acceptors (Lipinski definition) is 7. The van der Waals surface area contributed by atoms with Crippen molar-refractivity contribution >= 4 is 5.78 Å². The minimum absolute atomic E-state index is 0.0745. The molecule has 0 unspecified atom stereocenters. The second-order valence-corrected chi connectivity index (χ2v) is 5.59. The van der Waals surface area contributed by atoms with Crippen molar-refractivity contribution in [2.24, 2.45) is 0 Å². The van der Waals surface area contributed by atoms with Gasteiger partial charge in [-0.15, -0.1) is 0 Å². The number of carbonyl (C=O) groups is 1. The first-order valence-electron chi connectivity index (χ1n) is 7.82. The molecule has 0 aliphatic rings. The zero-order chi connectivity index (χ0) is 19.3. The van der Waals surface area contributed by atoms with Crippen LogP contribution in [0.3, 0.4) is 0 Å². The molecule has 0 aromatic heterocycles. The van der Waals surface area contributed by atoms with Gasteiger partial charge in [0.15, 0.2) is 23.0 Å². The number of hydrogen-bond donors (Lipinski definition) is 2. The van der Waals surface area contributed by atoms with Crippen LogP contribution < -0.4 is 18.9 Å². The van der Waals surface area contributed by atoms with E-state index < -0.39 is 0 Å². The van der Waals surface area contributed by atoms with E-state index in [1.54, 1.807) is 24.3 Å². The first-order valence-corrected chi connectivity index (χ1v) is 7.82. The highest BCUT2D eigenvalue weighted by molar-refractivity contribution is 5.84. The highest BCUT2D eigenvalue weighted by atomic mass is 16.5. The predicted molar refractivity (Wildman–Crippen MR) is 94.8 cm³/mol.